The molecule has 1 N–H and O–H groups in total. The molecule has 0 radical (unpaired) electrons. The SMILES string of the molecule is CCOC(=O)c1c(-c2ccc(C)c(C)c2)csc1NC(=O)c1cscn1. The monoisotopic (exact) mass is 386 g/mol. The largest absolute Gasteiger partial charge is 0.462 e. The normalized spacial score (nSPS) is 10.6. The number of amides is 1. The molecule has 0 aliphatic rings. The van der Waals surface area contributed by atoms with Gasteiger partial charge in [0.2, 0.25) is 0 Å². The molecule has 0 spiro atoms. The molecular formula is C19H18N2O3S2. The van der Waals surface area contributed by atoms with Crippen LogP contribution in [0.4, 0.5) is 5.00 Å². The Morgan fingerprint density at radius 1 is 1.19 bits per heavy atom. The lowest BCUT2D eigenvalue weighted by molar-refractivity contribution is 0.0529. The summed E-state index contributed by atoms with van der Waals surface area (Å²) in [6.45, 7) is 6.09. The van der Waals surface area contributed by atoms with E-state index in [9.17, 15) is 9.59 Å². The van der Waals surface area contributed by atoms with Gasteiger partial charge < -0.3 is 10.1 Å². The van der Waals surface area contributed by atoms with Crippen molar-refractivity contribution >= 4 is 39.6 Å². The number of benzene rings is 1. The average Bonchev–Trinajstić information content (AvgIpc) is 3.27. The second-order valence-electron chi connectivity index (χ2n) is 5.70. The van der Waals surface area contributed by atoms with E-state index in [-0.39, 0.29) is 12.5 Å². The quantitative estimate of drug-likeness (QED) is 0.632. The van der Waals surface area contributed by atoms with Gasteiger partial charge in [-0.15, -0.1) is 22.7 Å². The number of hydrogen-bond donors (Lipinski definition) is 1. The first-order valence-corrected chi connectivity index (χ1v) is 9.89. The van der Waals surface area contributed by atoms with Crippen LogP contribution in [-0.2, 0) is 4.74 Å². The van der Waals surface area contributed by atoms with E-state index in [0.717, 1.165) is 16.7 Å². The highest BCUT2D eigenvalue weighted by molar-refractivity contribution is 7.15. The van der Waals surface area contributed by atoms with E-state index in [1.165, 1.54) is 28.2 Å². The number of thiazole rings is 1. The zero-order chi connectivity index (χ0) is 18.7. The molecule has 0 unspecified atom stereocenters. The van der Waals surface area contributed by atoms with Crippen LogP contribution in [0.3, 0.4) is 0 Å². The van der Waals surface area contributed by atoms with Gasteiger partial charge in [-0.2, -0.15) is 0 Å². The van der Waals surface area contributed by atoms with Gasteiger partial charge in [0.05, 0.1) is 12.1 Å². The molecule has 2 heterocycles. The number of nitrogens with one attached hydrogen (secondary N) is 1. The van der Waals surface area contributed by atoms with Crippen LogP contribution in [-0.4, -0.2) is 23.5 Å². The maximum atomic E-state index is 12.6. The molecule has 0 fully saturated rings. The predicted molar refractivity (Wildman–Crippen MR) is 105 cm³/mol. The summed E-state index contributed by atoms with van der Waals surface area (Å²) in [7, 11) is 0. The Kier molecular flexibility index (Phi) is 5.49. The Morgan fingerprint density at radius 3 is 2.65 bits per heavy atom. The number of anilines is 1. The molecule has 0 bridgehead atoms. The van der Waals surface area contributed by atoms with Gasteiger partial charge in [-0.05, 0) is 37.5 Å². The highest BCUT2D eigenvalue weighted by Gasteiger charge is 2.23. The zero-order valence-corrected chi connectivity index (χ0v) is 16.3. The number of ether oxygens (including phenoxy) is 1. The van der Waals surface area contributed by atoms with Gasteiger partial charge in [-0.25, -0.2) is 9.78 Å². The summed E-state index contributed by atoms with van der Waals surface area (Å²) in [6.07, 6.45) is 0. The van der Waals surface area contributed by atoms with Crippen molar-refractivity contribution in [3.63, 3.8) is 0 Å². The number of carbonyl (C=O) groups excluding carboxylic acids is 2. The minimum atomic E-state index is -0.449. The molecule has 1 amide bonds. The van der Waals surface area contributed by atoms with Crippen LogP contribution in [0, 0.1) is 13.8 Å². The second kappa shape index (κ2) is 7.80. The molecule has 26 heavy (non-hydrogen) atoms. The Hall–Kier alpha value is -2.51. The molecule has 1 aromatic carbocycles. The Bertz CT molecular complexity index is 946. The number of aryl methyl sites for hydroxylation is 2. The van der Waals surface area contributed by atoms with Crippen LogP contribution in [0.15, 0.2) is 34.5 Å². The van der Waals surface area contributed by atoms with Crippen molar-refractivity contribution < 1.29 is 14.3 Å². The van der Waals surface area contributed by atoms with E-state index in [4.69, 9.17) is 4.74 Å². The molecule has 3 aromatic rings. The fraction of sp³-hybridized carbons (Fsp3) is 0.211. The van der Waals surface area contributed by atoms with Gasteiger partial charge in [0.1, 0.15) is 16.3 Å². The summed E-state index contributed by atoms with van der Waals surface area (Å²) in [4.78, 5) is 28.9. The molecule has 7 heteroatoms. The molecule has 3 rings (SSSR count). The summed E-state index contributed by atoms with van der Waals surface area (Å²) < 4.78 is 5.22. The minimum Gasteiger partial charge on any atom is -0.462 e. The van der Waals surface area contributed by atoms with Crippen molar-refractivity contribution in [2.45, 2.75) is 20.8 Å². The lowest BCUT2D eigenvalue weighted by Gasteiger charge is -2.09. The highest BCUT2D eigenvalue weighted by Crippen LogP contribution is 2.37. The van der Waals surface area contributed by atoms with Crippen LogP contribution in [0.5, 0.6) is 0 Å². The number of thiophene rings is 1. The van der Waals surface area contributed by atoms with Crippen molar-refractivity contribution in [1.82, 2.24) is 4.98 Å². The number of nitrogens with zero attached hydrogens (tertiary/aromatic N) is 1. The smallest absolute Gasteiger partial charge is 0.341 e. The van der Waals surface area contributed by atoms with E-state index in [1.807, 2.05) is 37.4 Å². The minimum absolute atomic E-state index is 0.264. The van der Waals surface area contributed by atoms with E-state index >= 15 is 0 Å². The Balaban J connectivity index is 2.02. The van der Waals surface area contributed by atoms with E-state index in [0.29, 0.717) is 16.3 Å². The van der Waals surface area contributed by atoms with Crippen LogP contribution in [0.25, 0.3) is 11.1 Å². The first kappa shape index (κ1) is 18.3. The summed E-state index contributed by atoms with van der Waals surface area (Å²) in [5.41, 5.74) is 6.28. The molecular weight excluding hydrogens is 368 g/mol. The number of esters is 1. The standard InChI is InChI=1S/C19H18N2O3S2/c1-4-24-19(23)16-14(13-6-5-11(2)12(3)7-13)8-26-18(16)21-17(22)15-9-25-10-20-15/h5-10H,4H2,1-3H3,(H,21,22). The summed E-state index contributed by atoms with van der Waals surface area (Å²) >= 11 is 2.65. The lowest BCUT2D eigenvalue weighted by Crippen LogP contribution is -2.15. The Labute approximate surface area is 159 Å². The molecule has 0 saturated heterocycles. The third kappa shape index (κ3) is 3.68. The van der Waals surface area contributed by atoms with Gasteiger partial charge in [-0.1, -0.05) is 18.2 Å². The van der Waals surface area contributed by atoms with Crippen LogP contribution in [0.1, 0.15) is 38.9 Å². The van der Waals surface area contributed by atoms with Crippen molar-refractivity contribution in [2.24, 2.45) is 0 Å². The fourth-order valence-corrected chi connectivity index (χ4v) is 3.95. The number of hydrogen-bond acceptors (Lipinski definition) is 6. The molecule has 0 aliphatic carbocycles. The second-order valence-corrected chi connectivity index (χ2v) is 7.30. The molecule has 0 saturated carbocycles. The fourth-order valence-electron chi connectivity index (χ4n) is 2.47. The van der Waals surface area contributed by atoms with Crippen LogP contribution in [0.2, 0.25) is 0 Å². The summed E-state index contributed by atoms with van der Waals surface area (Å²) in [5, 5.41) is 6.79. The maximum absolute atomic E-state index is 12.6. The van der Waals surface area contributed by atoms with Gasteiger partial charge in [0.15, 0.2) is 0 Å². The predicted octanol–water partition coefficient (Wildman–Crippen LogP) is 4.92. The van der Waals surface area contributed by atoms with Gasteiger partial charge in [0, 0.05) is 16.3 Å². The van der Waals surface area contributed by atoms with Gasteiger partial charge in [0.25, 0.3) is 5.91 Å². The number of rotatable bonds is 5. The first-order valence-electron chi connectivity index (χ1n) is 8.07. The van der Waals surface area contributed by atoms with Gasteiger partial charge in [-0.3, -0.25) is 4.79 Å². The summed E-state index contributed by atoms with van der Waals surface area (Å²) in [5.74, 6) is -0.791. The molecule has 0 atom stereocenters. The van der Waals surface area contributed by atoms with Crippen molar-refractivity contribution in [3.05, 3.63) is 56.9 Å². The molecule has 134 valence electrons. The van der Waals surface area contributed by atoms with Crippen molar-refractivity contribution in [2.75, 3.05) is 11.9 Å². The Morgan fingerprint density at radius 2 is 2.00 bits per heavy atom. The molecule has 0 aliphatic heterocycles. The maximum Gasteiger partial charge on any atom is 0.341 e. The third-order valence-electron chi connectivity index (χ3n) is 3.98. The number of aromatic nitrogens is 1. The number of carbonyl (C=O) groups is 2. The average molecular weight is 386 g/mol. The molecule has 5 nitrogen and oxygen atoms in total. The first-order chi connectivity index (χ1) is 12.5. The van der Waals surface area contributed by atoms with Crippen molar-refractivity contribution in [1.29, 1.82) is 0 Å². The van der Waals surface area contributed by atoms with E-state index < -0.39 is 5.97 Å². The highest BCUT2D eigenvalue weighted by atomic mass is 32.1. The van der Waals surface area contributed by atoms with Crippen LogP contribution >= 0.6 is 22.7 Å². The van der Waals surface area contributed by atoms with Crippen molar-refractivity contribution in [3.8, 4) is 11.1 Å². The summed E-state index contributed by atoms with van der Waals surface area (Å²) in [6, 6.07) is 6.02. The van der Waals surface area contributed by atoms with E-state index in [1.54, 1.807) is 17.8 Å². The van der Waals surface area contributed by atoms with E-state index in [2.05, 4.69) is 10.3 Å². The third-order valence-corrected chi connectivity index (χ3v) is 5.46. The van der Waals surface area contributed by atoms with Gasteiger partial charge >= 0.3 is 5.97 Å². The lowest BCUT2D eigenvalue weighted by atomic mass is 9.99. The van der Waals surface area contributed by atoms with Crippen LogP contribution < -0.4 is 5.32 Å². The molecule has 2 aromatic heterocycles. The topological polar surface area (TPSA) is 68.3 Å². The zero-order valence-electron chi connectivity index (χ0n) is 14.7.